The highest BCUT2D eigenvalue weighted by Crippen LogP contribution is 2.47. The van der Waals surface area contributed by atoms with Gasteiger partial charge in [0.2, 0.25) is 0 Å². The number of carbonyl (C=O) groups excluding carboxylic acids is 2. The number of esters is 2. The Hall–Kier alpha value is -3.32. The third kappa shape index (κ3) is 4.21. The number of ether oxygens (including phenoxy) is 2. The molecule has 0 N–H and O–H groups in total. The molecule has 2 aliphatic heterocycles. The van der Waals surface area contributed by atoms with Crippen LogP contribution in [0.3, 0.4) is 0 Å². The Labute approximate surface area is 191 Å². The number of benzene rings is 2. The summed E-state index contributed by atoms with van der Waals surface area (Å²) in [5.74, 6) is -0.810. The van der Waals surface area contributed by atoms with E-state index in [1.807, 2.05) is 72.5 Å². The maximum atomic E-state index is 12.9. The molecule has 2 aromatic carbocycles. The van der Waals surface area contributed by atoms with E-state index in [9.17, 15) is 9.59 Å². The lowest BCUT2D eigenvalue weighted by Crippen LogP contribution is -2.36. The number of nitrogens with zero attached hydrogens (tertiary/aromatic N) is 2. The number of thioether (sulfide) groups is 1. The summed E-state index contributed by atoms with van der Waals surface area (Å²) in [6, 6.07) is 18.8. The lowest BCUT2D eigenvalue weighted by atomic mass is 9.94. The van der Waals surface area contributed by atoms with Crippen LogP contribution in [0.4, 0.5) is 0 Å². The number of carbonyl (C=O) groups is 2. The Morgan fingerprint density at radius 3 is 2.28 bits per heavy atom. The third-order valence-electron chi connectivity index (χ3n) is 5.28. The number of aliphatic imine (C=N–C) groups is 1. The van der Waals surface area contributed by atoms with Crippen LogP contribution in [-0.4, -0.2) is 28.6 Å². The molecule has 2 aromatic rings. The first-order valence-corrected chi connectivity index (χ1v) is 11.2. The van der Waals surface area contributed by atoms with Gasteiger partial charge in [0, 0.05) is 5.70 Å². The molecule has 0 amide bonds. The van der Waals surface area contributed by atoms with Crippen molar-refractivity contribution in [3.05, 3.63) is 93.7 Å². The molecule has 0 radical (unpaired) electrons. The monoisotopic (exact) mass is 448 g/mol. The second-order valence-corrected chi connectivity index (χ2v) is 8.35. The van der Waals surface area contributed by atoms with Gasteiger partial charge in [-0.15, -0.1) is 0 Å². The van der Waals surface area contributed by atoms with Crippen molar-refractivity contribution in [2.75, 3.05) is 6.61 Å². The molecule has 32 heavy (non-hydrogen) atoms. The van der Waals surface area contributed by atoms with Gasteiger partial charge in [-0.1, -0.05) is 60.7 Å². The second-order valence-electron chi connectivity index (χ2n) is 7.38. The van der Waals surface area contributed by atoms with Gasteiger partial charge in [-0.25, -0.2) is 14.6 Å². The van der Waals surface area contributed by atoms with Crippen LogP contribution in [0.5, 0.6) is 0 Å². The zero-order chi connectivity index (χ0) is 22.7. The van der Waals surface area contributed by atoms with E-state index in [2.05, 4.69) is 4.99 Å². The molecule has 0 fully saturated rings. The van der Waals surface area contributed by atoms with Crippen molar-refractivity contribution in [3.8, 4) is 0 Å². The van der Waals surface area contributed by atoms with Crippen molar-refractivity contribution >= 4 is 28.9 Å². The van der Waals surface area contributed by atoms with Crippen LogP contribution in [0.15, 0.2) is 87.5 Å². The number of amidine groups is 1. The fraction of sp³-hybridized carbons (Fsp3) is 0.240. The largest absolute Gasteiger partial charge is 0.463 e. The van der Waals surface area contributed by atoms with Gasteiger partial charge in [0.25, 0.3) is 0 Å². The van der Waals surface area contributed by atoms with E-state index in [1.54, 1.807) is 13.8 Å². The smallest absolute Gasteiger partial charge is 0.347 e. The minimum atomic E-state index is -0.435. The Morgan fingerprint density at radius 2 is 1.62 bits per heavy atom. The zero-order valence-corrected chi connectivity index (χ0v) is 19.0. The van der Waals surface area contributed by atoms with Gasteiger partial charge in [0.15, 0.2) is 5.17 Å². The quantitative estimate of drug-likeness (QED) is 0.582. The van der Waals surface area contributed by atoms with E-state index in [0.29, 0.717) is 27.0 Å². The van der Waals surface area contributed by atoms with Gasteiger partial charge < -0.3 is 14.4 Å². The van der Waals surface area contributed by atoms with Gasteiger partial charge in [-0.3, -0.25) is 0 Å². The number of fused-ring (bicyclic) bond motifs is 1. The van der Waals surface area contributed by atoms with Crippen molar-refractivity contribution < 1.29 is 19.1 Å². The van der Waals surface area contributed by atoms with Crippen LogP contribution >= 0.6 is 11.8 Å². The highest BCUT2D eigenvalue weighted by Gasteiger charge is 2.43. The van der Waals surface area contributed by atoms with Crippen LogP contribution in [0.25, 0.3) is 0 Å². The van der Waals surface area contributed by atoms with Gasteiger partial charge in [0.1, 0.15) is 11.5 Å². The van der Waals surface area contributed by atoms with Crippen LogP contribution in [0, 0.1) is 0 Å². The van der Waals surface area contributed by atoms with Crippen LogP contribution in [0.2, 0.25) is 0 Å². The fourth-order valence-corrected chi connectivity index (χ4v) is 4.87. The SMILES string of the molecule is CCOC(=O)C1=C(C)N=C2SC(C(=O)OCc3ccccc3)=C(C)N2C1c1ccccc1. The average Bonchev–Trinajstić information content (AvgIpc) is 3.13. The Bertz CT molecular complexity index is 1120. The lowest BCUT2D eigenvalue weighted by Gasteiger charge is -2.35. The molecule has 6 nitrogen and oxygen atoms in total. The molecule has 0 bridgehead atoms. The first-order chi connectivity index (χ1) is 15.5. The molecule has 1 unspecified atom stereocenters. The average molecular weight is 449 g/mol. The molecule has 1 atom stereocenters. The van der Waals surface area contributed by atoms with Gasteiger partial charge in [-0.05, 0) is 43.7 Å². The summed E-state index contributed by atoms with van der Waals surface area (Å²) in [7, 11) is 0. The van der Waals surface area contributed by atoms with E-state index >= 15 is 0 Å². The summed E-state index contributed by atoms with van der Waals surface area (Å²) in [4.78, 5) is 32.8. The molecule has 0 spiro atoms. The maximum absolute atomic E-state index is 12.9. The van der Waals surface area contributed by atoms with Crippen LogP contribution < -0.4 is 0 Å². The fourth-order valence-electron chi connectivity index (χ4n) is 3.78. The molecule has 0 aromatic heterocycles. The summed E-state index contributed by atoms with van der Waals surface area (Å²) >= 11 is 1.27. The van der Waals surface area contributed by atoms with Crippen molar-refractivity contribution in [2.24, 2.45) is 4.99 Å². The summed E-state index contributed by atoms with van der Waals surface area (Å²) in [6.45, 7) is 5.90. The zero-order valence-electron chi connectivity index (χ0n) is 18.2. The number of hydrogen-bond donors (Lipinski definition) is 0. The van der Waals surface area contributed by atoms with Gasteiger partial charge in [-0.2, -0.15) is 0 Å². The van der Waals surface area contributed by atoms with Crippen molar-refractivity contribution in [3.63, 3.8) is 0 Å². The van der Waals surface area contributed by atoms with Crippen molar-refractivity contribution in [1.29, 1.82) is 0 Å². The summed E-state index contributed by atoms with van der Waals surface area (Å²) < 4.78 is 10.9. The van der Waals surface area contributed by atoms with E-state index in [-0.39, 0.29) is 13.2 Å². The molecule has 2 heterocycles. The highest BCUT2D eigenvalue weighted by atomic mass is 32.2. The molecule has 0 aliphatic carbocycles. The third-order valence-corrected chi connectivity index (χ3v) is 6.42. The molecule has 7 heteroatoms. The normalized spacial score (nSPS) is 17.8. The Balaban J connectivity index is 1.68. The first kappa shape index (κ1) is 21.9. The van der Waals surface area contributed by atoms with E-state index in [1.165, 1.54) is 11.8 Å². The number of allylic oxidation sites excluding steroid dienone is 2. The standard InChI is InChI=1S/C25H24N2O4S/c1-4-30-23(28)20-16(2)26-25-27(21(20)19-13-9-6-10-14-19)17(3)22(32-25)24(29)31-15-18-11-7-5-8-12-18/h5-14,21H,4,15H2,1-3H3. The predicted molar refractivity (Wildman–Crippen MR) is 124 cm³/mol. The molecule has 164 valence electrons. The minimum absolute atomic E-state index is 0.191. The van der Waals surface area contributed by atoms with E-state index in [0.717, 1.165) is 11.1 Å². The van der Waals surface area contributed by atoms with Gasteiger partial charge in [0.05, 0.1) is 23.9 Å². The lowest BCUT2D eigenvalue weighted by molar-refractivity contribution is -0.140. The molecule has 2 aliphatic rings. The number of hydrogen-bond acceptors (Lipinski definition) is 7. The number of rotatable bonds is 6. The van der Waals surface area contributed by atoms with Crippen LogP contribution in [0.1, 0.15) is 37.9 Å². The summed E-state index contributed by atoms with van der Waals surface area (Å²) in [6.07, 6.45) is 0. The Kier molecular flexibility index (Phi) is 6.46. The molecule has 4 rings (SSSR count). The first-order valence-electron chi connectivity index (χ1n) is 10.4. The van der Waals surface area contributed by atoms with Crippen molar-refractivity contribution in [2.45, 2.75) is 33.4 Å². The second kappa shape index (κ2) is 9.44. The minimum Gasteiger partial charge on any atom is -0.463 e. The van der Waals surface area contributed by atoms with Crippen LogP contribution in [-0.2, 0) is 25.7 Å². The predicted octanol–water partition coefficient (Wildman–Crippen LogP) is 4.96. The molecule has 0 saturated heterocycles. The molecular weight excluding hydrogens is 424 g/mol. The van der Waals surface area contributed by atoms with Crippen molar-refractivity contribution in [1.82, 2.24) is 4.90 Å². The Morgan fingerprint density at radius 1 is 0.969 bits per heavy atom. The summed E-state index contributed by atoms with van der Waals surface area (Å²) in [5.41, 5.74) is 3.60. The highest BCUT2D eigenvalue weighted by molar-refractivity contribution is 8.18. The maximum Gasteiger partial charge on any atom is 0.347 e. The van der Waals surface area contributed by atoms with E-state index in [4.69, 9.17) is 9.47 Å². The molecular formula is C25H24N2O4S. The molecule has 0 saturated carbocycles. The van der Waals surface area contributed by atoms with Gasteiger partial charge >= 0.3 is 11.9 Å². The topological polar surface area (TPSA) is 68.2 Å². The summed E-state index contributed by atoms with van der Waals surface area (Å²) in [5, 5.41) is 0.647. The van der Waals surface area contributed by atoms with E-state index < -0.39 is 18.0 Å².